The van der Waals surface area contributed by atoms with E-state index >= 15 is 0 Å². The molecule has 1 heterocycles. The minimum absolute atomic E-state index is 0.254. The fraction of sp³-hybridized carbons (Fsp3) is 0.278. The summed E-state index contributed by atoms with van der Waals surface area (Å²) in [7, 11) is 1.82. The van der Waals surface area contributed by atoms with Crippen molar-refractivity contribution in [1.29, 1.82) is 0 Å². The van der Waals surface area contributed by atoms with Crippen molar-refractivity contribution in [2.45, 2.75) is 18.3 Å². The summed E-state index contributed by atoms with van der Waals surface area (Å²) in [5, 5.41) is 15.0. The van der Waals surface area contributed by atoms with Gasteiger partial charge in [0, 0.05) is 17.6 Å². The van der Waals surface area contributed by atoms with Gasteiger partial charge in [-0.15, -0.1) is 5.10 Å². The second-order valence-corrected chi connectivity index (χ2v) is 7.38. The van der Waals surface area contributed by atoms with Gasteiger partial charge in [0.25, 0.3) is 0 Å². The Morgan fingerprint density at radius 1 is 1.22 bits per heavy atom. The van der Waals surface area contributed by atoms with Crippen molar-refractivity contribution in [3.63, 3.8) is 0 Å². The number of hydrogen-bond acceptors (Lipinski definition) is 5. The second kappa shape index (κ2) is 9.68. The summed E-state index contributed by atoms with van der Waals surface area (Å²) in [6.45, 7) is 2.03. The number of nitrogens with two attached hydrogens (primary N) is 1. The molecule has 0 aliphatic rings. The summed E-state index contributed by atoms with van der Waals surface area (Å²) in [6, 6.07) is 11.9. The number of rotatable bonds is 9. The molecule has 2 N–H and O–H groups in total. The predicted octanol–water partition coefficient (Wildman–Crippen LogP) is 2.44. The van der Waals surface area contributed by atoms with E-state index in [2.05, 4.69) is 20.8 Å². The number of hydrogen-bond donors (Lipinski definition) is 1. The average molecular weight is 409 g/mol. The lowest BCUT2D eigenvalue weighted by molar-refractivity contribution is -0.666. The van der Waals surface area contributed by atoms with Crippen LogP contribution in [0.2, 0.25) is 5.02 Å². The van der Waals surface area contributed by atoms with E-state index < -0.39 is 0 Å². The minimum atomic E-state index is -0.254. The summed E-state index contributed by atoms with van der Waals surface area (Å²) in [6.07, 6.45) is 0. The van der Waals surface area contributed by atoms with Crippen LogP contribution in [0.1, 0.15) is 11.1 Å². The van der Waals surface area contributed by atoms with Crippen molar-refractivity contribution in [2.24, 2.45) is 7.05 Å². The fourth-order valence-electron chi connectivity index (χ4n) is 2.42. The predicted molar refractivity (Wildman–Crippen MR) is 102 cm³/mol. The molecule has 0 unspecified atom stereocenters. The van der Waals surface area contributed by atoms with Gasteiger partial charge in [-0.3, -0.25) is 0 Å². The molecule has 9 heteroatoms. The van der Waals surface area contributed by atoms with Crippen LogP contribution in [0, 0.1) is 5.82 Å². The van der Waals surface area contributed by atoms with Crippen molar-refractivity contribution < 1.29 is 14.4 Å². The zero-order valence-corrected chi connectivity index (χ0v) is 16.4. The molecular formula is C18H20ClFN5OS+. The standard InChI is InChI=1S/C18H19ClFN5OS/c1-25-18(22-23-24-25)27-9-8-21-11-14-10-15(19)4-7-17(14)26-12-13-2-5-16(20)6-3-13/h2-7,10,21H,8-9,11-12H2,1H3/p+1. The third-order valence-electron chi connectivity index (χ3n) is 3.83. The van der Waals surface area contributed by atoms with Crippen LogP contribution in [0.5, 0.6) is 5.75 Å². The molecule has 2 aromatic carbocycles. The van der Waals surface area contributed by atoms with Gasteiger partial charge in [0.15, 0.2) is 0 Å². The van der Waals surface area contributed by atoms with Crippen LogP contribution in [0.4, 0.5) is 4.39 Å². The van der Waals surface area contributed by atoms with Gasteiger partial charge in [-0.1, -0.05) is 35.5 Å². The van der Waals surface area contributed by atoms with E-state index in [4.69, 9.17) is 16.3 Å². The van der Waals surface area contributed by atoms with E-state index in [-0.39, 0.29) is 5.82 Å². The minimum Gasteiger partial charge on any atom is -0.488 e. The van der Waals surface area contributed by atoms with Gasteiger partial charge in [0.05, 0.1) is 12.3 Å². The normalized spacial score (nSPS) is 10.9. The van der Waals surface area contributed by atoms with Crippen molar-refractivity contribution >= 4 is 23.4 Å². The highest BCUT2D eigenvalue weighted by Gasteiger charge is 2.08. The molecule has 0 atom stereocenters. The van der Waals surface area contributed by atoms with Gasteiger partial charge in [0.1, 0.15) is 24.7 Å². The van der Waals surface area contributed by atoms with Gasteiger partial charge >= 0.3 is 0 Å². The van der Waals surface area contributed by atoms with Gasteiger partial charge < -0.3 is 10.1 Å². The van der Waals surface area contributed by atoms with E-state index in [1.54, 1.807) is 28.6 Å². The first kappa shape index (κ1) is 19.6. The summed E-state index contributed by atoms with van der Waals surface area (Å²) in [4.78, 5) is 0. The lowest BCUT2D eigenvalue weighted by atomic mass is 10.2. The molecule has 0 spiro atoms. The SMILES string of the molecule is Cn1nnnc1SCC[NH2+]Cc1cc(Cl)ccc1OCc1ccc(F)cc1. The molecule has 0 aliphatic carbocycles. The first-order chi connectivity index (χ1) is 13.1. The van der Waals surface area contributed by atoms with Crippen molar-refractivity contribution in [2.75, 3.05) is 12.3 Å². The maximum Gasteiger partial charge on any atom is 0.209 e. The fourth-order valence-corrected chi connectivity index (χ4v) is 3.40. The lowest BCUT2D eigenvalue weighted by Crippen LogP contribution is -2.83. The summed E-state index contributed by atoms with van der Waals surface area (Å²) >= 11 is 7.75. The number of aryl methyl sites for hydroxylation is 1. The molecule has 6 nitrogen and oxygen atoms in total. The molecule has 142 valence electrons. The molecule has 3 rings (SSSR count). The van der Waals surface area contributed by atoms with E-state index in [9.17, 15) is 4.39 Å². The Morgan fingerprint density at radius 3 is 2.78 bits per heavy atom. The van der Waals surface area contributed by atoms with Crippen molar-refractivity contribution in [3.8, 4) is 5.75 Å². The first-order valence-electron chi connectivity index (χ1n) is 8.44. The zero-order chi connectivity index (χ0) is 19.1. The Labute approximate surface area is 166 Å². The Kier molecular flexibility index (Phi) is 7.03. The monoisotopic (exact) mass is 408 g/mol. The number of ether oxygens (including phenoxy) is 1. The van der Waals surface area contributed by atoms with Gasteiger partial charge in [-0.2, -0.15) is 0 Å². The van der Waals surface area contributed by atoms with E-state index in [1.807, 2.05) is 25.2 Å². The zero-order valence-electron chi connectivity index (χ0n) is 14.8. The van der Waals surface area contributed by atoms with Gasteiger partial charge in [0.2, 0.25) is 5.16 Å². The maximum atomic E-state index is 13.0. The average Bonchev–Trinajstić information content (AvgIpc) is 3.07. The highest BCUT2D eigenvalue weighted by atomic mass is 35.5. The molecule has 0 fully saturated rings. The van der Waals surface area contributed by atoms with E-state index in [1.165, 1.54) is 12.1 Å². The van der Waals surface area contributed by atoms with Crippen LogP contribution in [0.25, 0.3) is 0 Å². The molecule has 0 radical (unpaired) electrons. The summed E-state index contributed by atoms with van der Waals surface area (Å²) < 4.78 is 20.6. The molecule has 0 bridgehead atoms. The van der Waals surface area contributed by atoms with Crippen LogP contribution < -0.4 is 10.1 Å². The number of tetrazole rings is 1. The molecule has 0 amide bonds. The molecule has 3 aromatic rings. The third-order valence-corrected chi connectivity index (χ3v) is 5.11. The lowest BCUT2D eigenvalue weighted by Gasteiger charge is -2.11. The van der Waals surface area contributed by atoms with Crippen molar-refractivity contribution in [1.82, 2.24) is 20.2 Å². The van der Waals surface area contributed by atoms with Crippen LogP contribution in [0.3, 0.4) is 0 Å². The third kappa shape index (κ3) is 5.92. The van der Waals surface area contributed by atoms with Crippen LogP contribution in [-0.4, -0.2) is 32.5 Å². The van der Waals surface area contributed by atoms with Crippen molar-refractivity contribution in [3.05, 3.63) is 64.4 Å². The summed E-state index contributed by atoms with van der Waals surface area (Å²) in [5.41, 5.74) is 1.94. The Hall–Kier alpha value is -2.16. The number of aromatic nitrogens is 4. The number of quaternary nitrogens is 1. The topological polar surface area (TPSA) is 69.4 Å². The molecule has 27 heavy (non-hydrogen) atoms. The van der Waals surface area contributed by atoms with Crippen LogP contribution >= 0.6 is 23.4 Å². The van der Waals surface area contributed by atoms with Crippen LogP contribution in [0.15, 0.2) is 47.6 Å². The number of halogens is 2. The smallest absolute Gasteiger partial charge is 0.209 e. The highest BCUT2D eigenvalue weighted by molar-refractivity contribution is 7.99. The highest BCUT2D eigenvalue weighted by Crippen LogP contribution is 2.23. The molecule has 0 saturated heterocycles. The first-order valence-corrected chi connectivity index (χ1v) is 9.80. The quantitative estimate of drug-likeness (QED) is 0.435. The second-order valence-electron chi connectivity index (χ2n) is 5.88. The van der Waals surface area contributed by atoms with Gasteiger partial charge in [-0.25, -0.2) is 9.07 Å². The Bertz CT molecular complexity index is 874. The molecular weight excluding hydrogens is 389 g/mol. The van der Waals surface area contributed by atoms with Crippen LogP contribution in [-0.2, 0) is 20.2 Å². The molecule has 1 aromatic heterocycles. The van der Waals surface area contributed by atoms with E-state index in [0.29, 0.717) is 11.6 Å². The molecule has 0 saturated carbocycles. The summed E-state index contributed by atoms with van der Waals surface area (Å²) in [5.74, 6) is 1.42. The largest absolute Gasteiger partial charge is 0.488 e. The Balaban J connectivity index is 1.50. The van der Waals surface area contributed by atoms with E-state index in [0.717, 1.165) is 40.9 Å². The molecule has 0 aliphatic heterocycles. The number of nitrogens with zero attached hydrogens (tertiary/aromatic N) is 4. The number of thioether (sulfide) groups is 1. The number of benzene rings is 2. The Morgan fingerprint density at radius 2 is 2.04 bits per heavy atom. The van der Waals surface area contributed by atoms with Gasteiger partial charge in [-0.05, 0) is 46.3 Å². The maximum absolute atomic E-state index is 13.0.